The van der Waals surface area contributed by atoms with E-state index in [0.717, 1.165) is 22.2 Å². The molecule has 4 N–H and O–H groups in total. The van der Waals surface area contributed by atoms with Gasteiger partial charge in [0.1, 0.15) is 11.3 Å². The Hall–Kier alpha value is -3.34. The molecule has 33 heavy (non-hydrogen) atoms. The fourth-order valence-corrected chi connectivity index (χ4v) is 4.04. The molecule has 0 aromatic carbocycles. The van der Waals surface area contributed by atoms with Gasteiger partial charge in [-0.2, -0.15) is 9.97 Å². The number of fused-ring (bicyclic) bond motifs is 2. The highest BCUT2D eigenvalue weighted by molar-refractivity contribution is 9.10. The molecule has 4 rings (SSSR count). The summed E-state index contributed by atoms with van der Waals surface area (Å²) in [5.41, 5.74) is 13.8. The summed E-state index contributed by atoms with van der Waals surface area (Å²) in [5, 5.41) is 1.70. The Morgan fingerprint density at radius 2 is 1.27 bits per heavy atom. The number of hydrogen-bond donors (Lipinski definition) is 2. The second-order valence-electron chi connectivity index (χ2n) is 8.21. The third kappa shape index (κ3) is 4.72. The van der Waals surface area contributed by atoms with Crippen molar-refractivity contribution in [3.8, 4) is 0 Å². The van der Waals surface area contributed by atoms with Crippen LogP contribution in [-0.2, 0) is 0 Å². The number of nitrogens with two attached hydrogens (primary N) is 2. The van der Waals surface area contributed by atoms with Gasteiger partial charge in [-0.3, -0.25) is 18.7 Å². The summed E-state index contributed by atoms with van der Waals surface area (Å²) >= 11 is 3.27. The molecular formula is C22H27BrN8O2. The zero-order valence-corrected chi connectivity index (χ0v) is 21.0. The first-order valence-corrected chi connectivity index (χ1v) is 11.2. The molecule has 0 radical (unpaired) electrons. The number of rotatable bonds is 2. The zero-order chi connectivity index (χ0) is 24.6. The van der Waals surface area contributed by atoms with Crippen molar-refractivity contribution in [1.82, 2.24) is 29.1 Å². The Morgan fingerprint density at radius 3 is 1.79 bits per heavy atom. The summed E-state index contributed by atoms with van der Waals surface area (Å²) < 4.78 is 3.75. The second kappa shape index (κ2) is 9.26. The van der Waals surface area contributed by atoms with Crippen LogP contribution in [-0.4, -0.2) is 29.1 Å². The van der Waals surface area contributed by atoms with E-state index in [0.29, 0.717) is 15.8 Å². The van der Waals surface area contributed by atoms with Crippen molar-refractivity contribution in [2.75, 3.05) is 11.5 Å². The summed E-state index contributed by atoms with van der Waals surface area (Å²) in [6.07, 6.45) is 0. The maximum absolute atomic E-state index is 12.1. The molecule has 0 aliphatic carbocycles. The van der Waals surface area contributed by atoms with Gasteiger partial charge >= 0.3 is 0 Å². The number of anilines is 2. The molecule has 0 unspecified atom stereocenters. The van der Waals surface area contributed by atoms with Crippen LogP contribution in [0.15, 0.2) is 32.3 Å². The van der Waals surface area contributed by atoms with E-state index in [1.165, 1.54) is 6.07 Å². The van der Waals surface area contributed by atoms with Gasteiger partial charge in [-0.15, -0.1) is 0 Å². The predicted octanol–water partition coefficient (Wildman–Crippen LogP) is 3.29. The van der Waals surface area contributed by atoms with Gasteiger partial charge in [-0.05, 0) is 69.6 Å². The number of nitrogen functional groups attached to an aromatic ring is 2. The lowest BCUT2D eigenvalue weighted by molar-refractivity contribution is 0.593. The number of aryl methyl sites for hydroxylation is 2. The Morgan fingerprint density at radius 1 is 0.788 bits per heavy atom. The molecule has 0 saturated heterocycles. The lowest BCUT2D eigenvalue weighted by Crippen LogP contribution is -2.24. The van der Waals surface area contributed by atoms with E-state index in [9.17, 15) is 9.59 Å². The Bertz CT molecular complexity index is 1470. The Balaban J connectivity index is 0.000000186. The molecule has 0 saturated carbocycles. The second-order valence-corrected chi connectivity index (χ2v) is 9.06. The summed E-state index contributed by atoms with van der Waals surface area (Å²) in [5.74, 6) is 0.385. The van der Waals surface area contributed by atoms with Crippen molar-refractivity contribution in [2.24, 2.45) is 0 Å². The molecule has 0 aliphatic rings. The minimum absolute atomic E-state index is 0.0104. The number of halogens is 1. The topological polar surface area (TPSA) is 148 Å². The Labute approximate surface area is 198 Å². The normalized spacial score (nSPS) is 11.3. The molecule has 0 atom stereocenters. The van der Waals surface area contributed by atoms with Crippen LogP contribution in [0.5, 0.6) is 0 Å². The minimum atomic E-state index is -0.106. The van der Waals surface area contributed by atoms with Crippen LogP contribution >= 0.6 is 15.9 Å². The van der Waals surface area contributed by atoms with Gasteiger partial charge in [-0.1, -0.05) is 0 Å². The van der Waals surface area contributed by atoms with Gasteiger partial charge in [0, 0.05) is 28.9 Å². The third-order valence-electron chi connectivity index (χ3n) is 5.08. The summed E-state index contributed by atoms with van der Waals surface area (Å²) in [6.45, 7) is 11.4. The van der Waals surface area contributed by atoms with E-state index in [1.807, 2.05) is 41.5 Å². The van der Waals surface area contributed by atoms with Gasteiger partial charge < -0.3 is 11.5 Å². The largest absolute Gasteiger partial charge is 0.368 e. The van der Waals surface area contributed by atoms with E-state index in [-0.39, 0.29) is 35.1 Å². The van der Waals surface area contributed by atoms with E-state index in [4.69, 9.17) is 11.5 Å². The first-order valence-electron chi connectivity index (χ1n) is 10.4. The molecule has 4 heterocycles. The van der Waals surface area contributed by atoms with Crippen molar-refractivity contribution in [3.05, 3.63) is 54.8 Å². The SMILES string of the molecule is Cc1nc(N)nc2c1cc(Br)c(=O)n2C(C)C.Cc1nc(N)nc2c1ccc(=O)n2C(C)C. The average Bonchev–Trinajstić information content (AvgIpc) is 2.69. The quantitative estimate of drug-likeness (QED) is 0.413. The van der Waals surface area contributed by atoms with Crippen LogP contribution in [0.25, 0.3) is 22.1 Å². The molecule has 0 bridgehead atoms. The Kier molecular flexibility index (Phi) is 6.82. The summed E-state index contributed by atoms with van der Waals surface area (Å²) in [4.78, 5) is 40.3. The first kappa shape index (κ1) is 24.3. The van der Waals surface area contributed by atoms with Crippen molar-refractivity contribution >= 4 is 49.9 Å². The lowest BCUT2D eigenvalue weighted by atomic mass is 10.2. The van der Waals surface area contributed by atoms with Crippen molar-refractivity contribution in [1.29, 1.82) is 0 Å². The van der Waals surface area contributed by atoms with Gasteiger partial charge in [0.25, 0.3) is 11.1 Å². The highest BCUT2D eigenvalue weighted by Crippen LogP contribution is 2.21. The van der Waals surface area contributed by atoms with Gasteiger partial charge in [-0.25, -0.2) is 9.97 Å². The van der Waals surface area contributed by atoms with Gasteiger partial charge in [0.2, 0.25) is 11.9 Å². The molecule has 0 aliphatic heterocycles. The van der Waals surface area contributed by atoms with Crippen LogP contribution in [0.2, 0.25) is 0 Å². The maximum atomic E-state index is 12.1. The first-order chi connectivity index (χ1) is 15.4. The lowest BCUT2D eigenvalue weighted by Gasteiger charge is -2.14. The van der Waals surface area contributed by atoms with E-state index < -0.39 is 0 Å². The van der Waals surface area contributed by atoms with Crippen LogP contribution < -0.4 is 22.6 Å². The highest BCUT2D eigenvalue weighted by atomic mass is 79.9. The van der Waals surface area contributed by atoms with Crippen LogP contribution in [0, 0.1) is 13.8 Å². The molecular weight excluding hydrogens is 488 g/mol. The molecule has 0 amide bonds. The molecule has 0 fully saturated rings. The van der Waals surface area contributed by atoms with Crippen LogP contribution in [0.1, 0.15) is 51.2 Å². The number of aromatic nitrogens is 6. The molecule has 11 heteroatoms. The number of hydrogen-bond acceptors (Lipinski definition) is 8. The fourth-order valence-electron chi connectivity index (χ4n) is 3.62. The highest BCUT2D eigenvalue weighted by Gasteiger charge is 2.14. The van der Waals surface area contributed by atoms with Crippen molar-refractivity contribution in [2.45, 2.75) is 53.6 Å². The van der Waals surface area contributed by atoms with Crippen molar-refractivity contribution < 1.29 is 0 Å². The van der Waals surface area contributed by atoms with Gasteiger partial charge in [0.15, 0.2) is 0 Å². The smallest absolute Gasteiger partial charge is 0.266 e. The predicted molar refractivity (Wildman–Crippen MR) is 134 cm³/mol. The number of nitrogens with zero attached hydrogens (tertiary/aromatic N) is 6. The molecule has 10 nitrogen and oxygen atoms in total. The monoisotopic (exact) mass is 514 g/mol. The molecule has 4 aromatic heterocycles. The average molecular weight is 515 g/mol. The van der Waals surface area contributed by atoms with Crippen LogP contribution in [0.4, 0.5) is 11.9 Å². The molecule has 4 aromatic rings. The molecule has 174 valence electrons. The van der Waals surface area contributed by atoms with Crippen LogP contribution in [0.3, 0.4) is 0 Å². The van der Waals surface area contributed by atoms with E-state index in [1.54, 1.807) is 21.3 Å². The zero-order valence-electron chi connectivity index (χ0n) is 19.4. The maximum Gasteiger partial charge on any atom is 0.266 e. The minimum Gasteiger partial charge on any atom is -0.368 e. The fraction of sp³-hybridized carbons (Fsp3) is 0.364. The van der Waals surface area contributed by atoms with Crippen molar-refractivity contribution in [3.63, 3.8) is 0 Å². The summed E-state index contributed by atoms with van der Waals surface area (Å²) in [7, 11) is 0. The van der Waals surface area contributed by atoms with Gasteiger partial charge in [0.05, 0.1) is 15.9 Å². The standard InChI is InChI=1S/C11H13BrN4O.C11H14N4O/c1-5(2)16-9-7(4-8(12)10(16)17)6(3)14-11(13)15-9;1-6(2)15-9(16)5-4-8-7(3)13-11(12)14-10(8)15/h4-5H,1-3H3,(H2,13,14,15);4-6H,1-3H3,(H2,12,13,14). The molecule has 0 spiro atoms. The number of pyridine rings is 2. The third-order valence-corrected chi connectivity index (χ3v) is 5.65. The van der Waals surface area contributed by atoms with E-state index in [2.05, 4.69) is 35.9 Å². The van der Waals surface area contributed by atoms with E-state index >= 15 is 0 Å². The summed E-state index contributed by atoms with van der Waals surface area (Å²) in [6, 6.07) is 5.08.